The molecule has 1 unspecified atom stereocenters. The minimum atomic E-state index is -1.09. The van der Waals surface area contributed by atoms with Gasteiger partial charge in [-0.15, -0.1) is 0 Å². The molecule has 1 aromatic heterocycles. The molecule has 2 N–H and O–H groups in total. The van der Waals surface area contributed by atoms with Crippen LogP contribution in [0.3, 0.4) is 0 Å². The molecule has 192 valence electrons. The van der Waals surface area contributed by atoms with Gasteiger partial charge in [-0.05, 0) is 57.9 Å². The maximum absolute atomic E-state index is 13.6. The number of carbonyl (C=O) groups is 3. The Hall–Kier alpha value is -3.42. The smallest absolute Gasteiger partial charge is 0.273 e. The van der Waals surface area contributed by atoms with E-state index in [2.05, 4.69) is 21.7 Å². The minimum absolute atomic E-state index is 0.126. The van der Waals surface area contributed by atoms with Crippen molar-refractivity contribution >= 4 is 17.7 Å². The van der Waals surface area contributed by atoms with Gasteiger partial charge < -0.3 is 20.1 Å². The average molecular weight is 492 g/mol. The Morgan fingerprint density at radius 3 is 2.61 bits per heavy atom. The number of imidazole rings is 1. The fourth-order valence-electron chi connectivity index (χ4n) is 5.06. The number of hydrogen-bond acceptors (Lipinski definition) is 4. The fourth-order valence-corrected chi connectivity index (χ4v) is 5.06. The van der Waals surface area contributed by atoms with Crippen molar-refractivity contribution < 1.29 is 14.4 Å². The maximum atomic E-state index is 13.6. The summed E-state index contributed by atoms with van der Waals surface area (Å²) in [6, 6.07) is 7.98. The number of nitrogens with one attached hydrogen (secondary N) is 2. The molecule has 0 bridgehead atoms. The molecule has 1 aliphatic carbocycles. The molecule has 1 aliphatic heterocycles. The number of hydrogen-bond donors (Lipinski definition) is 2. The summed E-state index contributed by atoms with van der Waals surface area (Å²) in [6.45, 7) is 7.32. The number of aromatic nitrogens is 2. The van der Waals surface area contributed by atoms with E-state index < -0.39 is 5.54 Å². The minimum Gasteiger partial charge on any atom is -0.350 e. The van der Waals surface area contributed by atoms with Gasteiger partial charge in [0, 0.05) is 19.6 Å². The van der Waals surface area contributed by atoms with Crippen molar-refractivity contribution in [3.63, 3.8) is 0 Å². The Kier molecular flexibility index (Phi) is 7.91. The highest BCUT2D eigenvalue weighted by Gasteiger charge is 2.48. The van der Waals surface area contributed by atoms with Gasteiger partial charge in [0.2, 0.25) is 5.91 Å². The van der Waals surface area contributed by atoms with Crippen LogP contribution in [0.15, 0.2) is 42.2 Å². The third-order valence-electron chi connectivity index (χ3n) is 7.20. The predicted octanol–water partition coefficient (Wildman–Crippen LogP) is 3.75. The van der Waals surface area contributed by atoms with Crippen LogP contribution in [-0.2, 0) is 17.9 Å². The zero-order chi connectivity index (χ0) is 25.7. The lowest BCUT2D eigenvalue weighted by atomic mass is 9.93. The topological polar surface area (TPSA) is 96.3 Å². The first-order valence-corrected chi connectivity index (χ1v) is 13.0. The molecule has 36 heavy (non-hydrogen) atoms. The SMILES string of the molecule is CCCN1C(=O)c2c(C(=O)NCCC3=CCCCC3)ncn2CC1(C)C(=O)NCc1ccc(C)cc1. The summed E-state index contributed by atoms with van der Waals surface area (Å²) in [4.78, 5) is 45.9. The zero-order valence-corrected chi connectivity index (χ0v) is 21.6. The number of aryl methyl sites for hydroxylation is 1. The number of nitrogens with zero attached hydrogens (tertiary/aromatic N) is 3. The third kappa shape index (κ3) is 5.37. The highest BCUT2D eigenvalue weighted by Crippen LogP contribution is 2.29. The van der Waals surface area contributed by atoms with Crippen LogP contribution in [0.25, 0.3) is 0 Å². The van der Waals surface area contributed by atoms with Crippen molar-refractivity contribution in [2.45, 2.75) is 77.9 Å². The Labute approximate surface area is 213 Å². The molecular formula is C28H37N5O3. The highest BCUT2D eigenvalue weighted by molar-refractivity contribution is 6.07. The summed E-state index contributed by atoms with van der Waals surface area (Å²) in [5, 5.41) is 5.94. The summed E-state index contributed by atoms with van der Waals surface area (Å²) >= 11 is 0. The van der Waals surface area contributed by atoms with Crippen molar-refractivity contribution in [2.24, 2.45) is 0 Å². The van der Waals surface area contributed by atoms with E-state index in [0.29, 0.717) is 26.1 Å². The van der Waals surface area contributed by atoms with Gasteiger partial charge in [0.25, 0.3) is 11.8 Å². The Balaban J connectivity index is 1.48. The monoisotopic (exact) mass is 491 g/mol. The van der Waals surface area contributed by atoms with Crippen LogP contribution in [0.1, 0.15) is 84.5 Å². The van der Waals surface area contributed by atoms with Crippen LogP contribution < -0.4 is 10.6 Å². The molecule has 0 saturated carbocycles. The Morgan fingerprint density at radius 2 is 1.92 bits per heavy atom. The van der Waals surface area contributed by atoms with Gasteiger partial charge in [0.1, 0.15) is 11.2 Å². The van der Waals surface area contributed by atoms with Crippen LogP contribution in [0.2, 0.25) is 0 Å². The molecule has 2 aromatic rings. The lowest BCUT2D eigenvalue weighted by molar-refractivity contribution is -0.133. The summed E-state index contributed by atoms with van der Waals surface area (Å²) < 4.78 is 1.65. The number of rotatable bonds is 9. The molecule has 8 heteroatoms. The van der Waals surface area contributed by atoms with E-state index >= 15 is 0 Å². The van der Waals surface area contributed by atoms with Crippen LogP contribution in [0, 0.1) is 6.92 Å². The van der Waals surface area contributed by atoms with Crippen LogP contribution in [0.5, 0.6) is 0 Å². The van der Waals surface area contributed by atoms with E-state index in [1.165, 1.54) is 24.7 Å². The van der Waals surface area contributed by atoms with E-state index in [4.69, 9.17) is 0 Å². The summed E-state index contributed by atoms with van der Waals surface area (Å²) in [6.07, 6.45) is 9.91. The Bertz CT molecular complexity index is 1150. The molecular weight excluding hydrogens is 454 g/mol. The quantitative estimate of drug-likeness (QED) is 0.522. The van der Waals surface area contributed by atoms with Gasteiger partial charge in [0.15, 0.2) is 5.69 Å². The van der Waals surface area contributed by atoms with Gasteiger partial charge in [-0.3, -0.25) is 14.4 Å². The van der Waals surface area contributed by atoms with E-state index in [-0.39, 0.29) is 35.7 Å². The number of carbonyl (C=O) groups excluding carboxylic acids is 3. The molecule has 0 radical (unpaired) electrons. The lowest BCUT2D eigenvalue weighted by Gasteiger charge is -2.43. The van der Waals surface area contributed by atoms with Crippen molar-refractivity contribution in [1.82, 2.24) is 25.1 Å². The number of benzene rings is 1. The molecule has 0 fully saturated rings. The van der Waals surface area contributed by atoms with Crippen molar-refractivity contribution in [3.05, 3.63) is 64.8 Å². The number of allylic oxidation sites excluding steroid dienone is 1. The molecule has 8 nitrogen and oxygen atoms in total. The Morgan fingerprint density at radius 1 is 1.14 bits per heavy atom. The van der Waals surface area contributed by atoms with Crippen molar-refractivity contribution in [3.8, 4) is 0 Å². The molecule has 4 rings (SSSR count). The summed E-state index contributed by atoms with van der Waals surface area (Å²) in [7, 11) is 0. The largest absolute Gasteiger partial charge is 0.350 e. The normalized spacial score (nSPS) is 19.5. The first kappa shape index (κ1) is 25.7. The van der Waals surface area contributed by atoms with Gasteiger partial charge in [-0.25, -0.2) is 4.98 Å². The lowest BCUT2D eigenvalue weighted by Crippen LogP contribution is -2.64. The molecule has 0 saturated heterocycles. The van der Waals surface area contributed by atoms with Crippen LogP contribution in [-0.4, -0.2) is 50.8 Å². The maximum Gasteiger partial charge on any atom is 0.273 e. The number of amides is 3. The third-order valence-corrected chi connectivity index (χ3v) is 7.20. The zero-order valence-electron chi connectivity index (χ0n) is 21.6. The molecule has 2 aliphatic rings. The summed E-state index contributed by atoms with van der Waals surface area (Å²) in [5.74, 6) is -0.915. The van der Waals surface area contributed by atoms with Gasteiger partial charge in [-0.1, -0.05) is 48.4 Å². The number of fused-ring (bicyclic) bond motifs is 1. The van der Waals surface area contributed by atoms with E-state index in [1.807, 2.05) is 38.1 Å². The van der Waals surface area contributed by atoms with Crippen molar-refractivity contribution in [1.29, 1.82) is 0 Å². The standard InChI is InChI=1S/C28H37N5O3/c1-4-16-33-26(35)24-23(25(34)29-15-14-21-8-6-5-7-9-21)31-19-32(24)18-28(33,3)27(36)30-17-22-12-10-20(2)11-13-22/h8,10-13,19H,4-7,9,14-18H2,1-3H3,(H,29,34)(H,30,36). The first-order chi connectivity index (χ1) is 17.3. The molecule has 1 atom stereocenters. The molecule has 0 spiro atoms. The second kappa shape index (κ2) is 11.1. The molecule has 1 aromatic carbocycles. The summed E-state index contributed by atoms with van der Waals surface area (Å²) in [5.41, 5.74) is 2.82. The van der Waals surface area contributed by atoms with Gasteiger partial charge in [0.05, 0.1) is 12.9 Å². The second-order valence-corrected chi connectivity index (χ2v) is 10.1. The van der Waals surface area contributed by atoms with E-state index in [1.54, 1.807) is 16.4 Å². The average Bonchev–Trinajstić information content (AvgIpc) is 3.30. The highest BCUT2D eigenvalue weighted by atomic mass is 16.2. The first-order valence-electron chi connectivity index (χ1n) is 13.0. The predicted molar refractivity (Wildman–Crippen MR) is 138 cm³/mol. The van der Waals surface area contributed by atoms with Crippen LogP contribution >= 0.6 is 0 Å². The molecule has 3 amide bonds. The van der Waals surface area contributed by atoms with Crippen LogP contribution in [0.4, 0.5) is 0 Å². The van der Waals surface area contributed by atoms with E-state index in [9.17, 15) is 14.4 Å². The van der Waals surface area contributed by atoms with Gasteiger partial charge >= 0.3 is 0 Å². The second-order valence-electron chi connectivity index (χ2n) is 10.1. The van der Waals surface area contributed by atoms with Gasteiger partial charge in [-0.2, -0.15) is 0 Å². The molecule has 2 heterocycles. The fraction of sp³-hybridized carbons (Fsp3) is 0.500. The van der Waals surface area contributed by atoms with E-state index in [0.717, 1.165) is 30.4 Å². The van der Waals surface area contributed by atoms with Crippen molar-refractivity contribution in [2.75, 3.05) is 13.1 Å².